The van der Waals surface area contributed by atoms with Gasteiger partial charge in [-0.3, -0.25) is 4.68 Å². The van der Waals surface area contributed by atoms with Crippen LogP contribution in [0.2, 0.25) is 0 Å². The first-order chi connectivity index (χ1) is 5.97. The van der Waals surface area contributed by atoms with Crippen LogP contribution in [0.15, 0.2) is 12.3 Å². The van der Waals surface area contributed by atoms with Crippen LogP contribution in [0.4, 0.5) is 0 Å². The molecule has 1 N–H and O–H groups in total. The average molecular weight is 167 g/mol. The van der Waals surface area contributed by atoms with Crippen LogP contribution in [0, 0.1) is 0 Å². The molecule has 0 saturated heterocycles. The zero-order chi connectivity index (χ0) is 8.81. The van der Waals surface area contributed by atoms with E-state index < -0.39 is 0 Å². The highest BCUT2D eigenvalue weighted by Gasteiger charge is 2.04. The van der Waals surface area contributed by atoms with Crippen LogP contribution < -0.4 is 5.32 Å². The van der Waals surface area contributed by atoms with Gasteiger partial charge in [-0.15, -0.1) is 0 Å². The Morgan fingerprint density at radius 3 is 3.08 bits per heavy atom. The van der Waals surface area contributed by atoms with Crippen LogP contribution in [-0.2, 0) is 13.0 Å². The second kappa shape index (κ2) is 4.93. The third-order valence-electron chi connectivity index (χ3n) is 1.86. The molecule has 0 aliphatic carbocycles. The van der Waals surface area contributed by atoms with Gasteiger partial charge in [0, 0.05) is 31.4 Å². The number of hydrogen-bond donors (Lipinski definition) is 1. The Bertz CT molecular complexity index is 197. The number of nitrogens with zero attached hydrogens (tertiary/aromatic N) is 2. The van der Waals surface area contributed by atoms with Gasteiger partial charge < -0.3 is 5.32 Å². The summed E-state index contributed by atoms with van der Waals surface area (Å²) in [7, 11) is 0. The fraction of sp³-hybridized carbons (Fsp3) is 0.667. The molecule has 1 aromatic heterocycles. The summed E-state index contributed by atoms with van der Waals surface area (Å²) < 4.78 is 2.07. The largest absolute Gasteiger partial charge is 0.315 e. The lowest BCUT2D eigenvalue weighted by Crippen LogP contribution is -2.17. The summed E-state index contributed by atoms with van der Waals surface area (Å²) >= 11 is 0. The van der Waals surface area contributed by atoms with E-state index in [2.05, 4.69) is 21.2 Å². The van der Waals surface area contributed by atoms with Crippen molar-refractivity contribution in [1.82, 2.24) is 15.1 Å². The van der Waals surface area contributed by atoms with Gasteiger partial charge in [0.15, 0.2) is 0 Å². The Labute approximate surface area is 73.8 Å². The molecule has 2 heterocycles. The Morgan fingerprint density at radius 1 is 1.42 bits per heavy atom. The summed E-state index contributed by atoms with van der Waals surface area (Å²) in [5.74, 6) is 0. The molecular formula is C9H17N3. The van der Waals surface area contributed by atoms with Gasteiger partial charge in [-0.1, -0.05) is 13.8 Å². The van der Waals surface area contributed by atoms with Gasteiger partial charge in [0.25, 0.3) is 0 Å². The van der Waals surface area contributed by atoms with E-state index in [9.17, 15) is 0 Å². The normalized spacial score (nSPS) is 15.5. The van der Waals surface area contributed by atoms with Crippen molar-refractivity contribution in [3.8, 4) is 0 Å². The molecule has 0 bridgehead atoms. The smallest absolute Gasteiger partial charge is 0.0537 e. The SMILES string of the molecule is CC.c1cc2n(n1)CCNCC2. The molecule has 1 aromatic rings. The lowest BCUT2D eigenvalue weighted by molar-refractivity contribution is 0.589. The summed E-state index contributed by atoms with van der Waals surface area (Å²) in [5.41, 5.74) is 1.35. The molecule has 1 aliphatic rings. The molecular weight excluding hydrogens is 150 g/mol. The topological polar surface area (TPSA) is 29.9 Å². The number of hydrogen-bond acceptors (Lipinski definition) is 2. The molecule has 0 amide bonds. The Morgan fingerprint density at radius 2 is 2.25 bits per heavy atom. The number of fused-ring (bicyclic) bond motifs is 1. The zero-order valence-corrected chi connectivity index (χ0v) is 7.88. The molecule has 0 unspecified atom stereocenters. The summed E-state index contributed by atoms with van der Waals surface area (Å²) in [6.45, 7) is 7.16. The predicted octanol–water partition coefficient (Wildman–Crippen LogP) is 1.05. The first kappa shape index (κ1) is 9.26. The molecule has 0 fully saturated rings. The van der Waals surface area contributed by atoms with Gasteiger partial charge in [0.2, 0.25) is 0 Å². The maximum Gasteiger partial charge on any atom is 0.0537 e. The quantitative estimate of drug-likeness (QED) is 0.626. The van der Waals surface area contributed by atoms with Gasteiger partial charge >= 0.3 is 0 Å². The van der Waals surface area contributed by atoms with Crippen LogP contribution in [0.25, 0.3) is 0 Å². The fourth-order valence-corrected chi connectivity index (χ4v) is 1.30. The van der Waals surface area contributed by atoms with Crippen LogP contribution in [-0.4, -0.2) is 22.9 Å². The summed E-state index contributed by atoms with van der Waals surface area (Å²) in [6.07, 6.45) is 2.99. The standard InChI is InChI=1S/C7H11N3.C2H6/c1-3-8-5-6-10-7(1)2-4-9-10;1-2/h2,4,8H,1,3,5-6H2;1-2H3. The van der Waals surface area contributed by atoms with Gasteiger partial charge in [-0.05, 0) is 6.07 Å². The summed E-state index contributed by atoms with van der Waals surface area (Å²) in [6, 6.07) is 2.09. The van der Waals surface area contributed by atoms with Crippen molar-refractivity contribution in [3.63, 3.8) is 0 Å². The molecule has 3 heteroatoms. The number of rotatable bonds is 0. The number of nitrogens with one attached hydrogen (secondary N) is 1. The fourth-order valence-electron chi connectivity index (χ4n) is 1.30. The van der Waals surface area contributed by atoms with E-state index in [0.29, 0.717) is 0 Å². The molecule has 0 saturated carbocycles. The molecule has 1 aliphatic heterocycles. The minimum atomic E-state index is 1.02. The molecule has 3 nitrogen and oxygen atoms in total. The highest BCUT2D eigenvalue weighted by atomic mass is 15.3. The first-order valence-electron chi connectivity index (χ1n) is 4.68. The van der Waals surface area contributed by atoms with Crippen molar-refractivity contribution in [2.24, 2.45) is 0 Å². The van der Waals surface area contributed by atoms with E-state index in [1.807, 2.05) is 20.0 Å². The van der Waals surface area contributed by atoms with Crippen molar-refractivity contribution in [2.45, 2.75) is 26.8 Å². The molecule has 0 aromatic carbocycles. The average Bonchev–Trinajstić information content (AvgIpc) is 2.46. The third kappa shape index (κ3) is 2.08. The van der Waals surface area contributed by atoms with E-state index in [1.165, 1.54) is 5.69 Å². The van der Waals surface area contributed by atoms with E-state index in [4.69, 9.17) is 0 Å². The van der Waals surface area contributed by atoms with Gasteiger partial charge in [0.1, 0.15) is 0 Å². The van der Waals surface area contributed by atoms with Gasteiger partial charge in [0.05, 0.1) is 6.54 Å². The van der Waals surface area contributed by atoms with Crippen molar-refractivity contribution >= 4 is 0 Å². The van der Waals surface area contributed by atoms with Crippen LogP contribution in [0.5, 0.6) is 0 Å². The van der Waals surface area contributed by atoms with Crippen LogP contribution in [0.1, 0.15) is 19.5 Å². The van der Waals surface area contributed by atoms with Crippen LogP contribution in [0.3, 0.4) is 0 Å². The van der Waals surface area contributed by atoms with Gasteiger partial charge in [-0.2, -0.15) is 5.10 Å². The molecule has 2 rings (SSSR count). The highest BCUT2D eigenvalue weighted by molar-refractivity contribution is 5.01. The Kier molecular flexibility index (Phi) is 3.80. The molecule has 0 radical (unpaired) electrons. The molecule has 0 atom stereocenters. The lowest BCUT2D eigenvalue weighted by Gasteiger charge is -1.98. The highest BCUT2D eigenvalue weighted by Crippen LogP contribution is 2.00. The first-order valence-corrected chi connectivity index (χ1v) is 4.68. The lowest BCUT2D eigenvalue weighted by atomic mass is 10.3. The maximum absolute atomic E-state index is 4.19. The van der Waals surface area contributed by atoms with E-state index in [0.717, 1.165) is 26.1 Å². The Hall–Kier alpha value is -0.830. The van der Waals surface area contributed by atoms with E-state index >= 15 is 0 Å². The molecule has 68 valence electrons. The van der Waals surface area contributed by atoms with Crippen molar-refractivity contribution < 1.29 is 0 Å². The maximum atomic E-state index is 4.19. The molecule has 12 heavy (non-hydrogen) atoms. The minimum absolute atomic E-state index is 1.02. The van der Waals surface area contributed by atoms with Crippen molar-refractivity contribution in [1.29, 1.82) is 0 Å². The summed E-state index contributed by atoms with van der Waals surface area (Å²) in [5, 5.41) is 7.51. The number of aromatic nitrogens is 2. The Balaban J connectivity index is 0.000000336. The monoisotopic (exact) mass is 167 g/mol. The minimum Gasteiger partial charge on any atom is -0.315 e. The van der Waals surface area contributed by atoms with E-state index in [1.54, 1.807) is 0 Å². The van der Waals surface area contributed by atoms with Gasteiger partial charge in [-0.25, -0.2) is 0 Å². The molecule has 0 spiro atoms. The van der Waals surface area contributed by atoms with Crippen LogP contribution >= 0.6 is 0 Å². The second-order valence-corrected chi connectivity index (χ2v) is 2.55. The van der Waals surface area contributed by atoms with Crippen molar-refractivity contribution in [3.05, 3.63) is 18.0 Å². The zero-order valence-electron chi connectivity index (χ0n) is 7.88. The summed E-state index contributed by atoms with van der Waals surface area (Å²) in [4.78, 5) is 0. The predicted molar refractivity (Wildman–Crippen MR) is 50.1 cm³/mol. The second-order valence-electron chi connectivity index (χ2n) is 2.55. The van der Waals surface area contributed by atoms with Crippen molar-refractivity contribution in [2.75, 3.05) is 13.1 Å². The van der Waals surface area contributed by atoms with E-state index in [-0.39, 0.29) is 0 Å². The third-order valence-corrected chi connectivity index (χ3v) is 1.86.